The SMILES string of the molecule is Cc1c(-c2ncccc2C(=O)Nc2ccc(-c3ccccc3S(N)(=O)=O)cc2)ccc(NO)c1N. The van der Waals surface area contributed by atoms with Crippen LogP contribution in [0.2, 0.25) is 0 Å². The van der Waals surface area contributed by atoms with Gasteiger partial charge in [0.15, 0.2) is 0 Å². The first-order valence-electron chi connectivity index (χ1n) is 10.5. The monoisotopic (exact) mass is 489 g/mol. The number of aromatic nitrogens is 1. The molecule has 35 heavy (non-hydrogen) atoms. The summed E-state index contributed by atoms with van der Waals surface area (Å²) in [5, 5.41) is 17.4. The maximum atomic E-state index is 13.1. The highest BCUT2D eigenvalue weighted by Crippen LogP contribution is 2.33. The lowest BCUT2D eigenvalue weighted by molar-refractivity contribution is 0.102. The van der Waals surface area contributed by atoms with Crippen LogP contribution in [0.15, 0.2) is 83.9 Å². The Balaban J connectivity index is 1.63. The predicted molar refractivity (Wildman–Crippen MR) is 135 cm³/mol. The average Bonchev–Trinajstić information content (AvgIpc) is 2.85. The molecular formula is C25H23N5O4S. The number of anilines is 3. The van der Waals surface area contributed by atoms with Crippen molar-refractivity contribution in [2.45, 2.75) is 11.8 Å². The van der Waals surface area contributed by atoms with Crippen LogP contribution in [0.4, 0.5) is 17.1 Å². The van der Waals surface area contributed by atoms with Crippen molar-refractivity contribution >= 4 is 33.0 Å². The highest BCUT2D eigenvalue weighted by molar-refractivity contribution is 7.89. The van der Waals surface area contributed by atoms with Crippen molar-refractivity contribution in [1.82, 2.24) is 4.98 Å². The summed E-state index contributed by atoms with van der Waals surface area (Å²) in [5.74, 6) is -0.381. The maximum absolute atomic E-state index is 13.1. The van der Waals surface area contributed by atoms with Crippen molar-refractivity contribution in [3.05, 3.63) is 90.1 Å². The van der Waals surface area contributed by atoms with E-state index in [1.54, 1.807) is 79.9 Å². The largest absolute Gasteiger partial charge is 0.397 e. The highest BCUT2D eigenvalue weighted by Gasteiger charge is 2.18. The number of nitrogens with one attached hydrogen (secondary N) is 2. The molecule has 0 fully saturated rings. The summed E-state index contributed by atoms with van der Waals surface area (Å²) < 4.78 is 23.8. The van der Waals surface area contributed by atoms with Gasteiger partial charge in [-0.3, -0.25) is 20.5 Å². The highest BCUT2D eigenvalue weighted by atomic mass is 32.2. The predicted octanol–water partition coefficient (Wildman–Crippen LogP) is 4.01. The number of nitrogens with two attached hydrogens (primary N) is 2. The Bertz CT molecular complexity index is 1520. The number of pyridine rings is 1. The van der Waals surface area contributed by atoms with Gasteiger partial charge in [0.1, 0.15) is 0 Å². The number of amides is 1. The normalized spacial score (nSPS) is 11.2. The molecule has 178 valence electrons. The molecule has 9 nitrogen and oxygen atoms in total. The summed E-state index contributed by atoms with van der Waals surface area (Å²) in [7, 11) is -3.89. The van der Waals surface area contributed by atoms with Gasteiger partial charge in [0, 0.05) is 23.0 Å². The van der Waals surface area contributed by atoms with Gasteiger partial charge in [-0.05, 0) is 54.4 Å². The number of benzene rings is 3. The number of nitrogens with zero attached hydrogens (tertiary/aromatic N) is 1. The molecule has 0 radical (unpaired) electrons. The van der Waals surface area contributed by atoms with E-state index in [2.05, 4.69) is 10.3 Å². The second-order valence-electron chi connectivity index (χ2n) is 7.78. The van der Waals surface area contributed by atoms with Crippen molar-refractivity contribution in [2.75, 3.05) is 16.5 Å². The first-order valence-corrected chi connectivity index (χ1v) is 12.0. The molecule has 3 aromatic carbocycles. The fraction of sp³-hybridized carbons (Fsp3) is 0.0400. The molecule has 0 aliphatic carbocycles. The van der Waals surface area contributed by atoms with Crippen LogP contribution in [0, 0.1) is 6.92 Å². The van der Waals surface area contributed by atoms with Gasteiger partial charge in [-0.25, -0.2) is 13.6 Å². The van der Waals surface area contributed by atoms with E-state index in [0.29, 0.717) is 50.6 Å². The molecule has 4 rings (SSSR count). The second-order valence-corrected chi connectivity index (χ2v) is 9.31. The lowest BCUT2D eigenvalue weighted by Crippen LogP contribution is -2.14. The molecule has 0 aliphatic heterocycles. The zero-order valence-corrected chi connectivity index (χ0v) is 19.5. The van der Waals surface area contributed by atoms with Gasteiger partial charge in [0.2, 0.25) is 10.0 Å². The molecule has 1 heterocycles. The van der Waals surface area contributed by atoms with Crippen LogP contribution in [0.25, 0.3) is 22.4 Å². The standard InChI is InChI=1S/C25H23N5O4S/c1-15-18(12-13-21(30-32)23(15)26)24-20(6-4-14-28-24)25(31)29-17-10-8-16(9-11-17)19-5-2-3-7-22(19)35(27,33)34/h2-14,30,32H,26H2,1H3,(H,29,31)(H2,27,33,34). The molecule has 0 saturated heterocycles. The minimum atomic E-state index is -3.89. The third-order valence-corrected chi connectivity index (χ3v) is 6.56. The fourth-order valence-corrected chi connectivity index (χ4v) is 4.53. The van der Waals surface area contributed by atoms with E-state index in [1.165, 1.54) is 6.07 Å². The molecule has 4 aromatic rings. The fourth-order valence-electron chi connectivity index (χ4n) is 3.77. The molecule has 0 unspecified atom stereocenters. The van der Waals surface area contributed by atoms with Gasteiger partial charge in [-0.2, -0.15) is 0 Å². The minimum Gasteiger partial charge on any atom is -0.397 e. The van der Waals surface area contributed by atoms with E-state index in [0.717, 1.165) is 0 Å². The topological polar surface area (TPSA) is 160 Å². The third-order valence-electron chi connectivity index (χ3n) is 5.59. The second kappa shape index (κ2) is 9.55. The van der Waals surface area contributed by atoms with Crippen molar-refractivity contribution in [3.63, 3.8) is 0 Å². The zero-order valence-electron chi connectivity index (χ0n) is 18.7. The molecule has 0 saturated carbocycles. The van der Waals surface area contributed by atoms with E-state index in [1.807, 2.05) is 5.48 Å². The number of nitrogen functional groups attached to an aromatic ring is 1. The number of sulfonamides is 1. The molecule has 1 aromatic heterocycles. The van der Waals surface area contributed by atoms with Crippen molar-refractivity contribution in [2.24, 2.45) is 5.14 Å². The Labute approximate surface area is 202 Å². The first kappa shape index (κ1) is 23.9. The Morgan fingerprint density at radius 2 is 1.66 bits per heavy atom. The Morgan fingerprint density at radius 1 is 0.943 bits per heavy atom. The van der Waals surface area contributed by atoms with E-state index >= 15 is 0 Å². The molecule has 0 bridgehead atoms. The van der Waals surface area contributed by atoms with Gasteiger partial charge in [0.25, 0.3) is 5.91 Å². The van der Waals surface area contributed by atoms with E-state index in [9.17, 15) is 18.4 Å². The number of carbonyl (C=O) groups is 1. The summed E-state index contributed by atoms with van der Waals surface area (Å²) in [6, 6.07) is 19.8. The van der Waals surface area contributed by atoms with Gasteiger partial charge in [0.05, 0.1) is 27.5 Å². The van der Waals surface area contributed by atoms with Crippen molar-refractivity contribution in [3.8, 4) is 22.4 Å². The zero-order chi connectivity index (χ0) is 25.2. The number of primary sulfonamides is 1. The van der Waals surface area contributed by atoms with Crippen LogP contribution in [-0.2, 0) is 10.0 Å². The van der Waals surface area contributed by atoms with Crippen LogP contribution in [0.1, 0.15) is 15.9 Å². The third kappa shape index (κ3) is 4.85. The molecule has 0 aliphatic rings. The summed E-state index contributed by atoms with van der Waals surface area (Å²) in [4.78, 5) is 17.5. The molecular weight excluding hydrogens is 466 g/mol. The van der Waals surface area contributed by atoms with Gasteiger partial charge in [-0.15, -0.1) is 0 Å². The molecule has 7 N–H and O–H groups in total. The van der Waals surface area contributed by atoms with Gasteiger partial charge < -0.3 is 11.1 Å². The summed E-state index contributed by atoms with van der Waals surface area (Å²) in [5.41, 5.74) is 12.5. The van der Waals surface area contributed by atoms with Crippen LogP contribution in [0.5, 0.6) is 0 Å². The molecule has 0 spiro atoms. The molecule has 10 heteroatoms. The molecule has 0 atom stereocenters. The smallest absolute Gasteiger partial charge is 0.257 e. The number of rotatable bonds is 6. The Morgan fingerprint density at radius 3 is 2.34 bits per heavy atom. The Hall–Kier alpha value is -4.25. The summed E-state index contributed by atoms with van der Waals surface area (Å²) in [6.07, 6.45) is 1.58. The first-order chi connectivity index (χ1) is 16.7. The van der Waals surface area contributed by atoms with E-state index in [-0.39, 0.29) is 10.8 Å². The van der Waals surface area contributed by atoms with Gasteiger partial charge >= 0.3 is 0 Å². The van der Waals surface area contributed by atoms with Crippen LogP contribution in [0.3, 0.4) is 0 Å². The summed E-state index contributed by atoms with van der Waals surface area (Å²) >= 11 is 0. The van der Waals surface area contributed by atoms with E-state index in [4.69, 9.17) is 10.9 Å². The number of carbonyl (C=O) groups excluding carboxylic acids is 1. The number of hydrogen-bond donors (Lipinski definition) is 5. The lowest BCUT2D eigenvalue weighted by Gasteiger charge is -2.15. The lowest BCUT2D eigenvalue weighted by atomic mass is 9.98. The maximum Gasteiger partial charge on any atom is 0.257 e. The quantitative estimate of drug-likeness (QED) is 0.202. The van der Waals surface area contributed by atoms with E-state index < -0.39 is 10.0 Å². The van der Waals surface area contributed by atoms with Crippen LogP contribution >= 0.6 is 0 Å². The number of hydrogen-bond acceptors (Lipinski definition) is 7. The molecule has 1 amide bonds. The van der Waals surface area contributed by atoms with Gasteiger partial charge in [-0.1, -0.05) is 36.4 Å². The Kier molecular flexibility index (Phi) is 6.52. The van der Waals surface area contributed by atoms with Crippen LogP contribution in [-0.4, -0.2) is 24.5 Å². The average molecular weight is 490 g/mol. The van der Waals surface area contributed by atoms with Crippen molar-refractivity contribution < 1.29 is 18.4 Å². The van der Waals surface area contributed by atoms with Crippen LogP contribution < -0.4 is 21.7 Å². The summed E-state index contributed by atoms with van der Waals surface area (Å²) in [6.45, 7) is 1.78. The van der Waals surface area contributed by atoms with Crippen molar-refractivity contribution in [1.29, 1.82) is 0 Å². The minimum absolute atomic E-state index is 0.0221.